The van der Waals surface area contributed by atoms with E-state index >= 15 is 0 Å². The van der Waals surface area contributed by atoms with Crippen LogP contribution in [0.25, 0.3) is 6.08 Å². The highest BCUT2D eigenvalue weighted by Crippen LogP contribution is 2.28. The topological polar surface area (TPSA) is 90.7 Å². The number of carboxylic acid groups (broad SMARTS) is 1. The number of rotatable bonds is 6. The second-order valence-corrected chi connectivity index (χ2v) is 4.57. The summed E-state index contributed by atoms with van der Waals surface area (Å²) in [5.41, 5.74) is 0.675. The maximum Gasteiger partial charge on any atom is 0.328 e. The second kappa shape index (κ2) is 6.29. The third-order valence-electron chi connectivity index (χ3n) is 3.04. The summed E-state index contributed by atoms with van der Waals surface area (Å²) >= 11 is 0. The maximum atomic E-state index is 12.5. The molecule has 0 bridgehead atoms. The Morgan fingerprint density at radius 1 is 1.45 bits per heavy atom. The van der Waals surface area contributed by atoms with Crippen LogP contribution in [0.1, 0.15) is 28.9 Å². The molecule has 6 heteroatoms. The summed E-state index contributed by atoms with van der Waals surface area (Å²) in [5, 5.41) is 17.7. The SMILES string of the molecule is O=C(O)/C=C/c1cccnc1C(=O)N(CCO)C1CC1. The minimum Gasteiger partial charge on any atom is -0.478 e. The minimum atomic E-state index is -1.08. The Bertz CT molecular complexity index is 538. The molecule has 0 saturated heterocycles. The summed E-state index contributed by atoms with van der Waals surface area (Å²) in [6, 6.07) is 3.45. The fourth-order valence-corrected chi connectivity index (χ4v) is 1.97. The first kappa shape index (κ1) is 14.2. The molecule has 1 saturated carbocycles. The van der Waals surface area contributed by atoms with E-state index in [1.165, 1.54) is 12.3 Å². The van der Waals surface area contributed by atoms with Crippen molar-refractivity contribution in [1.29, 1.82) is 0 Å². The number of hydrogen-bond donors (Lipinski definition) is 2. The van der Waals surface area contributed by atoms with Crippen molar-refractivity contribution in [3.8, 4) is 0 Å². The number of hydrogen-bond acceptors (Lipinski definition) is 4. The van der Waals surface area contributed by atoms with Crippen LogP contribution in [0.2, 0.25) is 0 Å². The normalized spacial score (nSPS) is 14.4. The van der Waals surface area contributed by atoms with Gasteiger partial charge in [-0.3, -0.25) is 9.78 Å². The van der Waals surface area contributed by atoms with E-state index in [-0.39, 0.29) is 30.8 Å². The largest absolute Gasteiger partial charge is 0.478 e. The Kier molecular flexibility index (Phi) is 4.47. The van der Waals surface area contributed by atoms with E-state index in [1.54, 1.807) is 17.0 Å². The van der Waals surface area contributed by atoms with E-state index in [0.717, 1.165) is 18.9 Å². The van der Waals surface area contributed by atoms with Crippen LogP contribution in [0.5, 0.6) is 0 Å². The molecule has 6 nitrogen and oxygen atoms in total. The fraction of sp³-hybridized carbons (Fsp3) is 0.357. The van der Waals surface area contributed by atoms with Gasteiger partial charge in [0.2, 0.25) is 0 Å². The van der Waals surface area contributed by atoms with Gasteiger partial charge in [-0.05, 0) is 25.0 Å². The van der Waals surface area contributed by atoms with E-state index in [9.17, 15) is 9.59 Å². The minimum absolute atomic E-state index is 0.102. The van der Waals surface area contributed by atoms with E-state index in [2.05, 4.69) is 4.98 Å². The highest BCUT2D eigenvalue weighted by atomic mass is 16.4. The molecule has 1 aromatic rings. The number of carbonyl (C=O) groups is 2. The first-order valence-corrected chi connectivity index (χ1v) is 6.41. The predicted octanol–water partition coefficient (Wildman–Crippen LogP) is 0.776. The highest BCUT2D eigenvalue weighted by Gasteiger charge is 2.33. The lowest BCUT2D eigenvalue weighted by molar-refractivity contribution is -0.131. The van der Waals surface area contributed by atoms with Gasteiger partial charge in [-0.1, -0.05) is 6.07 Å². The number of nitrogens with zero attached hydrogens (tertiary/aromatic N) is 2. The molecule has 0 unspecified atom stereocenters. The number of pyridine rings is 1. The fourth-order valence-electron chi connectivity index (χ4n) is 1.97. The first-order valence-electron chi connectivity index (χ1n) is 6.41. The first-order chi connectivity index (χ1) is 9.63. The van der Waals surface area contributed by atoms with Gasteiger partial charge in [0.15, 0.2) is 0 Å². The molecule has 0 aromatic carbocycles. The highest BCUT2D eigenvalue weighted by molar-refractivity contribution is 5.97. The standard InChI is InChI=1S/C14H16N2O4/c17-9-8-16(11-4-5-11)14(20)13-10(2-1-7-15-13)3-6-12(18)19/h1-3,6-7,11,17H,4-5,8-9H2,(H,18,19)/b6-3+. The average molecular weight is 276 g/mol. The number of aliphatic hydroxyl groups is 1. The Hall–Kier alpha value is -2.21. The van der Waals surface area contributed by atoms with Crippen molar-refractivity contribution < 1.29 is 19.8 Å². The molecule has 106 valence electrons. The van der Waals surface area contributed by atoms with Crippen LogP contribution in [0.15, 0.2) is 24.4 Å². The summed E-state index contributed by atoms with van der Waals surface area (Å²) in [6.07, 6.45) is 5.68. The van der Waals surface area contributed by atoms with Crippen molar-refractivity contribution in [3.05, 3.63) is 35.7 Å². The summed E-state index contributed by atoms with van der Waals surface area (Å²) in [6.45, 7) is 0.164. The molecule has 2 N–H and O–H groups in total. The zero-order valence-corrected chi connectivity index (χ0v) is 10.9. The van der Waals surface area contributed by atoms with E-state index in [4.69, 9.17) is 10.2 Å². The molecule has 1 heterocycles. The molecule has 2 rings (SSSR count). The number of aromatic nitrogens is 1. The number of aliphatic carboxylic acids is 1. The van der Waals surface area contributed by atoms with Crippen LogP contribution in [0.4, 0.5) is 0 Å². The van der Waals surface area contributed by atoms with Crippen LogP contribution in [-0.4, -0.2) is 51.2 Å². The molecular weight excluding hydrogens is 260 g/mol. The molecular formula is C14H16N2O4. The lowest BCUT2D eigenvalue weighted by atomic mass is 10.1. The number of aliphatic hydroxyl groups excluding tert-OH is 1. The summed E-state index contributed by atoms with van der Waals surface area (Å²) in [7, 11) is 0. The smallest absolute Gasteiger partial charge is 0.328 e. The quantitative estimate of drug-likeness (QED) is 0.749. The van der Waals surface area contributed by atoms with Crippen LogP contribution in [0.3, 0.4) is 0 Å². The van der Waals surface area contributed by atoms with Crippen molar-refractivity contribution in [3.63, 3.8) is 0 Å². The third-order valence-corrected chi connectivity index (χ3v) is 3.04. The molecule has 1 aromatic heterocycles. The zero-order valence-electron chi connectivity index (χ0n) is 10.9. The van der Waals surface area contributed by atoms with Gasteiger partial charge in [0.1, 0.15) is 5.69 Å². The van der Waals surface area contributed by atoms with Crippen LogP contribution < -0.4 is 0 Å². The van der Waals surface area contributed by atoms with E-state index < -0.39 is 5.97 Å². The molecule has 0 radical (unpaired) electrons. The molecule has 1 aliphatic carbocycles. The van der Waals surface area contributed by atoms with Crippen molar-refractivity contribution >= 4 is 18.0 Å². The zero-order chi connectivity index (χ0) is 14.5. The molecule has 1 amide bonds. The number of amides is 1. The van der Waals surface area contributed by atoms with Crippen molar-refractivity contribution in [2.75, 3.05) is 13.2 Å². The summed E-state index contributed by atoms with van der Waals surface area (Å²) in [5.74, 6) is -1.35. The average Bonchev–Trinajstić information content (AvgIpc) is 3.26. The van der Waals surface area contributed by atoms with Gasteiger partial charge in [0.25, 0.3) is 5.91 Å². The lowest BCUT2D eigenvalue weighted by Gasteiger charge is -2.21. The summed E-state index contributed by atoms with van der Waals surface area (Å²) < 4.78 is 0. The Morgan fingerprint density at radius 2 is 2.20 bits per heavy atom. The second-order valence-electron chi connectivity index (χ2n) is 4.57. The number of carboxylic acids is 1. The Labute approximate surface area is 116 Å². The van der Waals surface area contributed by atoms with Gasteiger partial charge in [0.05, 0.1) is 6.61 Å². The van der Waals surface area contributed by atoms with Crippen LogP contribution in [-0.2, 0) is 4.79 Å². The Balaban J connectivity index is 2.26. The van der Waals surface area contributed by atoms with Gasteiger partial charge in [-0.25, -0.2) is 4.79 Å². The monoisotopic (exact) mass is 276 g/mol. The lowest BCUT2D eigenvalue weighted by Crippen LogP contribution is -2.36. The molecule has 0 atom stereocenters. The van der Waals surface area contributed by atoms with E-state index in [0.29, 0.717) is 5.56 Å². The van der Waals surface area contributed by atoms with Gasteiger partial charge in [-0.2, -0.15) is 0 Å². The summed E-state index contributed by atoms with van der Waals surface area (Å²) in [4.78, 5) is 28.7. The van der Waals surface area contributed by atoms with Crippen molar-refractivity contribution in [1.82, 2.24) is 9.88 Å². The van der Waals surface area contributed by atoms with Crippen molar-refractivity contribution in [2.45, 2.75) is 18.9 Å². The van der Waals surface area contributed by atoms with Crippen molar-refractivity contribution in [2.24, 2.45) is 0 Å². The molecule has 0 spiro atoms. The molecule has 20 heavy (non-hydrogen) atoms. The number of carbonyl (C=O) groups excluding carboxylic acids is 1. The van der Waals surface area contributed by atoms with Gasteiger partial charge in [-0.15, -0.1) is 0 Å². The van der Waals surface area contributed by atoms with E-state index in [1.807, 2.05) is 0 Å². The van der Waals surface area contributed by atoms with Gasteiger partial charge >= 0.3 is 5.97 Å². The van der Waals surface area contributed by atoms with Crippen LogP contribution in [0, 0.1) is 0 Å². The Morgan fingerprint density at radius 3 is 2.80 bits per heavy atom. The molecule has 1 aliphatic rings. The maximum absolute atomic E-state index is 12.5. The van der Waals surface area contributed by atoms with Gasteiger partial charge in [0, 0.05) is 30.4 Å². The molecule has 1 fully saturated rings. The van der Waals surface area contributed by atoms with Gasteiger partial charge < -0.3 is 15.1 Å². The van der Waals surface area contributed by atoms with Crippen LogP contribution >= 0.6 is 0 Å². The third kappa shape index (κ3) is 3.42. The molecule has 0 aliphatic heterocycles. The predicted molar refractivity (Wildman–Crippen MR) is 72.1 cm³/mol.